The van der Waals surface area contributed by atoms with E-state index in [1.807, 2.05) is 18.2 Å². The Hall–Kier alpha value is -1.94. The molecule has 1 heterocycles. The molecule has 0 fully saturated rings. The Bertz CT molecular complexity index is 645. The molecule has 0 bridgehead atoms. The van der Waals surface area contributed by atoms with Crippen LogP contribution in [0.2, 0.25) is 0 Å². The first kappa shape index (κ1) is 9.30. The van der Waals surface area contributed by atoms with Gasteiger partial charge in [0.1, 0.15) is 5.01 Å². The van der Waals surface area contributed by atoms with E-state index in [-0.39, 0.29) is 0 Å². The lowest BCUT2D eigenvalue weighted by Gasteiger charge is -1.99. The van der Waals surface area contributed by atoms with Crippen LogP contribution in [0.3, 0.4) is 0 Å². The number of aromatic nitrogens is 2. The summed E-state index contributed by atoms with van der Waals surface area (Å²) in [5, 5.41) is 11.7. The lowest BCUT2D eigenvalue weighted by atomic mass is 10.1. The fraction of sp³-hybridized carbons (Fsp3) is 0. The van der Waals surface area contributed by atoms with E-state index in [9.17, 15) is 0 Å². The van der Waals surface area contributed by atoms with Crippen LogP contribution in [0, 0.1) is 0 Å². The van der Waals surface area contributed by atoms with Gasteiger partial charge in [-0.3, -0.25) is 0 Å². The van der Waals surface area contributed by atoms with Crippen molar-refractivity contribution in [2.24, 2.45) is 0 Å². The first-order valence-corrected chi connectivity index (χ1v) is 5.73. The van der Waals surface area contributed by atoms with Crippen molar-refractivity contribution in [3.63, 3.8) is 0 Å². The molecule has 0 amide bonds. The molecule has 3 aromatic rings. The van der Waals surface area contributed by atoms with E-state index in [4.69, 9.17) is 5.73 Å². The van der Waals surface area contributed by atoms with Gasteiger partial charge in [-0.2, -0.15) is 0 Å². The zero-order valence-corrected chi connectivity index (χ0v) is 9.24. The minimum atomic E-state index is 0.503. The summed E-state index contributed by atoms with van der Waals surface area (Å²) in [5.41, 5.74) is 6.64. The van der Waals surface area contributed by atoms with Gasteiger partial charge >= 0.3 is 0 Å². The van der Waals surface area contributed by atoms with Crippen LogP contribution >= 0.6 is 11.3 Å². The second-order valence-corrected chi connectivity index (χ2v) is 4.52. The van der Waals surface area contributed by atoms with Crippen molar-refractivity contribution in [3.05, 3.63) is 42.5 Å². The molecule has 0 saturated heterocycles. The molecule has 0 aliphatic rings. The summed E-state index contributed by atoms with van der Waals surface area (Å²) in [6.07, 6.45) is 0. The molecule has 3 rings (SSSR count). The van der Waals surface area contributed by atoms with Gasteiger partial charge in [0, 0.05) is 5.56 Å². The van der Waals surface area contributed by atoms with E-state index in [1.165, 1.54) is 22.1 Å². The highest BCUT2D eigenvalue weighted by Gasteiger charge is 2.04. The summed E-state index contributed by atoms with van der Waals surface area (Å²) >= 11 is 1.40. The summed E-state index contributed by atoms with van der Waals surface area (Å²) in [6.45, 7) is 0. The van der Waals surface area contributed by atoms with Crippen LogP contribution in [-0.4, -0.2) is 10.2 Å². The third-order valence-electron chi connectivity index (χ3n) is 2.44. The third-order valence-corrected chi connectivity index (χ3v) is 3.24. The highest BCUT2D eigenvalue weighted by molar-refractivity contribution is 7.18. The predicted molar refractivity (Wildman–Crippen MR) is 67.3 cm³/mol. The maximum atomic E-state index is 5.57. The molecule has 78 valence electrons. The van der Waals surface area contributed by atoms with E-state index in [0.29, 0.717) is 5.13 Å². The zero-order chi connectivity index (χ0) is 11.0. The Morgan fingerprint density at radius 1 is 0.938 bits per heavy atom. The molecule has 0 aliphatic carbocycles. The average Bonchev–Trinajstić information content (AvgIpc) is 2.75. The van der Waals surface area contributed by atoms with Crippen LogP contribution in [-0.2, 0) is 0 Å². The molecular weight excluding hydrogens is 218 g/mol. The molecule has 0 spiro atoms. The number of nitrogens with two attached hydrogens (primary N) is 1. The van der Waals surface area contributed by atoms with Gasteiger partial charge in [-0.15, -0.1) is 10.2 Å². The van der Waals surface area contributed by atoms with Crippen LogP contribution in [0.5, 0.6) is 0 Å². The van der Waals surface area contributed by atoms with Crippen LogP contribution < -0.4 is 5.73 Å². The van der Waals surface area contributed by atoms with Gasteiger partial charge in [0.05, 0.1) is 0 Å². The highest BCUT2D eigenvalue weighted by Crippen LogP contribution is 2.27. The Labute approximate surface area is 96.6 Å². The van der Waals surface area contributed by atoms with Crippen LogP contribution in [0.25, 0.3) is 21.3 Å². The molecule has 0 radical (unpaired) electrons. The molecular formula is C12H9N3S. The summed E-state index contributed by atoms with van der Waals surface area (Å²) in [6, 6.07) is 14.5. The fourth-order valence-electron chi connectivity index (χ4n) is 1.67. The Morgan fingerprint density at radius 2 is 1.75 bits per heavy atom. The van der Waals surface area contributed by atoms with Crippen LogP contribution in [0.1, 0.15) is 0 Å². The third kappa shape index (κ3) is 1.53. The molecule has 16 heavy (non-hydrogen) atoms. The van der Waals surface area contributed by atoms with Crippen molar-refractivity contribution in [1.82, 2.24) is 10.2 Å². The zero-order valence-electron chi connectivity index (χ0n) is 8.42. The molecule has 0 atom stereocenters. The number of rotatable bonds is 1. The van der Waals surface area contributed by atoms with E-state index in [2.05, 4.69) is 34.5 Å². The minimum absolute atomic E-state index is 0.503. The smallest absolute Gasteiger partial charge is 0.203 e. The molecule has 0 aliphatic heterocycles. The summed E-state index contributed by atoms with van der Waals surface area (Å²) in [4.78, 5) is 0. The van der Waals surface area contributed by atoms with E-state index in [1.54, 1.807) is 0 Å². The number of anilines is 1. The van der Waals surface area contributed by atoms with Gasteiger partial charge in [-0.1, -0.05) is 47.7 Å². The summed E-state index contributed by atoms with van der Waals surface area (Å²) < 4.78 is 0. The fourth-order valence-corrected chi connectivity index (χ4v) is 2.28. The molecule has 1 aromatic heterocycles. The maximum Gasteiger partial charge on any atom is 0.203 e. The number of hydrogen-bond donors (Lipinski definition) is 1. The Morgan fingerprint density at radius 3 is 2.50 bits per heavy atom. The monoisotopic (exact) mass is 227 g/mol. The average molecular weight is 227 g/mol. The number of fused-ring (bicyclic) bond motifs is 1. The van der Waals surface area contributed by atoms with E-state index < -0.39 is 0 Å². The lowest BCUT2D eigenvalue weighted by Crippen LogP contribution is -1.80. The van der Waals surface area contributed by atoms with Crippen molar-refractivity contribution in [1.29, 1.82) is 0 Å². The number of nitrogens with zero attached hydrogens (tertiary/aromatic N) is 2. The van der Waals surface area contributed by atoms with Crippen molar-refractivity contribution in [2.75, 3.05) is 5.73 Å². The second kappa shape index (κ2) is 3.57. The lowest BCUT2D eigenvalue weighted by molar-refractivity contribution is 1.10. The van der Waals surface area contributed by atoms with Gasteiger partial charge in [0.15, 0.2) is 0 Å². The Kier molecular flexibility index (Phi) is 2.08. The van der Waals surface area contributed by atoms with Gasteiger partial charge in [-0.05, 0) is 16.8 Å². The van der Waals surface area contributed by atoms with E-state index in [0.717, 1.165) is 10.6 Å². The van der Waals surface area contributed by atoms with Crippen LogP contribution in [0.4, 0.5) is 5.13 Å². The predicted octanol–water partition coefficient (Wildman–Crippen LogP) is 2.94. The molecule has 2 N–H and O–H groups in total. The van der Waals surface area contributed by atoms with Crippen molar-refractivity contribution < 1.29 is 0 Å². The minimum Gasteiger partial charge on any atom is -0.374 e. The molecule has 0 unspecified atom stereocenters. The maximum absolute atomic E-state index is 5.57. The topological polar surface area (TPSA) is 51.8 Å². The molecule has 0 saturated carbocycles. The standard InChI is InChI=1S/C12H9N3S/c13-12-15-14-11(16-12)10-6-5-8-3-1-2-4-9(8)7-10/h1-7H,(H2,13,15). The van der Waals surface area contributed by atoms with Gasteiger partial charge < -0.3 is 5.73 Å². The van der Waals surface area contributed by atoms with Crippen molar-refractivity contribution in [3.8, 4) is 10.6 Å². The number of nitrogen functional groups attached to an aromatic ring is 1. The first-order valence-electron chi connectivity index (χ1n) is 4.91. The second-order valence-electron chi connectivity index (χ2n) is 3.51. The van der Waals surface area contributed by atoms with Gasteiger partial charge in [0.2, 0.25) is 5.13 Å². The van der Waals surface area contributed by atoms with Crippen molar-refractivity contribution >= 4 is 27.2 Å². The van der Waals surface area contributed by atoms with Gasteiger partial charge in [0.25, 0.3) is 0 Å². The first-order chi connectivity index (χ1) is 7.83. The molecule has 2 aromatic carbocycles. The van der Waals surface area contributed by atoms with Crippen molar-refractivity contribution in [2.45, 2.75) is 0 Å². The SMILES string of the molecule is Nc1nnc(-c2ccc3ccccc3c2)s1. The molecule has 3 nitrogen and oxygen atoms in total. The van der Waals surface area contributed by atoms with E-state index >= 15 is 0 Å². The number of benzene rings is 2. The number of hydrogen-bond acceptors (Lipinski definition) is 4. The molecule has 4 heteroatoms. The Balaban J connectivity index is 2.18. The highest BCUT2D eigenvalue weighted by atomic mass is 32.1. The normalized spacial score (nSPS) is 10.8. The largest absolute Gasteiger partial charge is 0.374 e. The van der Waals surface area contributed by atoms with Gasteiger partial charge in [-0.25, -0.2) is 0 Å². The summed E-state index contributed by atoms with van der Waals surface area (Å²) in [7, 11) is 0. The quantitative estimate of drug-likeness (QED) is 0.695. The van der Waals surface area contributed by atoms with Crippen LogP contribution in [0.15, 0.2) is 42.5 Å². The summed E-state index contributed by atoms with van der Waals surface area (Å²) in [5.74, 6) is 0.